The molecule has 82 valence electrons. The van der Waals surface area contributed by atoms with Crippen LogP contribution in [0.4, 0.5) is 0 Å². The van der Waals surface area contributed by atoms with Crippen LogP contribution in [-0.4, -0.2) is 11.7 Å². The Morgan fingerprint density at radius 2 is 1.88 bits per heavy atom. The van der Waals surface area contributed by atoms with Gasteiger partial charge in [-0.15, -0.1) is 0 Å². The van der Waals surface area contributed by atoms with Crippen LogP contribution in [0.25, 0.3) is 16.8 Å². The van der Waals surface area contributed by atoms with Gasteiger partial charge in [-0.3, -0.25) is 0 Å². The smallest absolute Gasteiger partial charge is 0.0644 e. The second-order valence-electron chi connectivity index (χ2n) is 3.88. The Balaban J connectivity index is 2.56. The lowest BCUT2D eigenvalue weighted by atomic mass is 10.0. The SMILES string of the molecule is CCC(=Cc1cccc2ccccc12)CO. The van der Waals surface area contributed by atoms with Gasteiger partial charge in [0.25, 0.3) is 0 Å². The van der Waals surface area contributed by atoms with Gasteiger partial charge in [0.2, 0.25) is 0 Å². The summed E-state index contributed by atoms with van der Waals surface area (Å²) in [5.41, 5.74) is 2.25. The highest BCUT2D eigenvalue weighted by atomic mass is 16.3. The standard InChI is InChI=1S/C15H16O/c1-2-12(11-16)10-14-8-5-7-13-6-3-4-9-15(13)14/h3-10,16H,2,11H2,1H3. The minimum absolute atomic E-state index is 0.139. The summed E-state index contributed by atoms with van der Waals surface area (Å²) in [5, 5.41) is 11.7. The molecule has 16 heavy (non-hydrogen) atoms. The molecule has 2 aromatic rings. The normalized spacial score (nSPS) is 12.0. The average molecular weight is 212 g/mol. The van der Waals surface area contributed by atoms with E-state index >= 15 is 0 Å². The van der Waals surface area contributed by atoms with Gasteiger partial charge in [0.15, 0.2) is 0 Å². The number of benzene rings is 2. The van der Waals surface area contributed by atoms with E-state index in [1.54, 1.807) is 0 Å². The van der Waals surface area contributed by atoms with E-state index in [1.807, 2.05) is 12.1 Å². The Hall–Kier alpha value is -1.60. The Bertz CT molecular complexity index is 500. The summed E-state index contributed by atoms with van der Waals surface area (Å²) in [7, 11) is 0. The van der Waals surface area contributed by atoms with Crippen molar-refractivity contribution in [1.82, 2.24) is 0 Å². The van der Waals surface area contributed by atoms with Crippen molar-refractivity contribution in [2.24, 2.45) is 0 Å². The van der Waals surface area contributed by atoms with E-state index in [1.165, 1.54) is 16.3 Å². The molecule has 1 heteroatoms. The van der Waals surface area contributed by atoms with E-state index in [4.69, 9.17) is 0 Å². The fraction of sp³-hybridized carbons (Fsp3) is 0.200. The number of aliphatic hydroxyl groups excluding tert-OH is 1. The zero-order valence-electron chi connectivity index (χ0n) is 9.48. The Morgan fingerprint density at radius 1 is 1.12 bits per heavy atom. The lowest BCUT2D eigenvalue weighted by Crippen LogP contribution is -1.88. The van der Waals surface area contributed by atoms with E-state index in [0.717, 1.165) is 12.0 Å². The topological polar surface area (TPSA) is 20.2 Å². The summed E-state index contributed by atoms with van der Waals surface area (Å²) < 4.78 is 0. The first kappa shape index (κ1) is 10.9. The predicted molar refractivity (Wildman–Crippen MR) is 69.3 cm³/mol. The quantitative estimate of drug-likeness (QED) is 0.823. The van der Waals surface area contributed by atoms with Gasteiger partial charge in [0, 0.05) is 0 Å². The molecular formula is C15H16O. The van der Waals surface area contributed by atoms with E-state index in [0.29, 0.717) is 0 Å². The molecule has 0 aliphatic rings. The van der Waals surface area contributed by atoms with Crippen molar-refractivity contribution in [3.63, 3.8) is 0 Å². The second kappa shape index (κ2) is 4.95. The van der Waals surface area contributed by atoms with E-state index < -0.39 is 0 Å². The summed E-state index contributed by atoms with van der Waals surface area (Å²) >= 11 is 0. The summed E-state index contributed by atoms with van der Waals surface area (Å²) in [5.74, 6) is 0. The molecule has 0 aliphatic heterocycles. The molecule has 1 nitrogen and oxygen atoms in total. The lowest BCUT2D eigenvalue weighted by Gasteiger charge is -2.04. The van der Waals surface area contributed by atoms with E-state index in [9.17, 15) is 5.11 Å². The molecule has 0 atom stereocenters. The lowest BCUT2D eigenvalue weighted by molar-refractivity contribution is 0.329. The van der Waals surface area contributed by atoms with Crippen molar-refractivity contribution < 1.29 is 5.11 Å². The molecule has 0 fully saturated rings. The Morgan fingerprint density at radius 3 is 2.62 bits per heavy atom. The molecule has 2 aromatic carbocycles. The number of hydrogen-bond acceptors (Lipinski definition) is 1. The summed E-state index contributed by atoms with van der Waals surface area (Å²) in [6, 6.07) is 14.6. The molecule has 0 saturated carbocycles. The van der Waals surface area contributed by atoms with Gasteiger partial charge < -0.3 is 5.11 Å². The van der Waals surface area contributed by atoms with Gasteiger partial charge in [-0.1, -0.05) is 55.5 Å². The first-order chi connectivity index (χ1) is 7.85. The van der Waals surface area contributed by atoms with Crippen LogP contribution in [-0.2, 0) is 0 Å². The molecule has 0 amide bonds. The molecule has 0 heterocycles. The molecule has 0 aliphatic carbocycles. The van der Waals surface area contributed by atoms with Crippen molar-refractivity contribution in [2.45, 2.75) is 13.3 Å². The fourth-order valence-electron chi connectivity index (χ4n) is 1.86. The maximum Gasteiger partial charge on any atom is 0.0644 e. The van der Waals surface area contributed by atoms with Crippen LogP contribution in [0, 0.1) is 0 Å². The first-order valence-electron chi connectivity index (χ1n) is 5.63. The monoisotopic (exact) mass is 212 g/mol. The van der Waals surface area contributed by atoms with Crippen molar-refractivity contribution in [3.8, 4) is 0 Å². The third-order valence-corrected chi connectivity index (χ3v) is 2.84. The first-order valence-corrected chi connectivity index (χ1v) is 5.63. The van der Waals surface area contributed by atoms with Gasteiger partial charge in [0.1, 0.15) is 0 Å². The number of rotatable bonds is 3. The van der Waals surface area contributed by atoms with Crippen LogP contribution in [0.3, 0.4) is 0 Å². The number of aliphatic hydroxyl groups is 1. The average Bonchev–Trinajstić information content (AvgIpc) is 2.36. The largest absolute Gasteiger partial charge is 0.392 e. The minimum atomic E-state index is 0.139. The van der Waals surface area contributed by atoms with Gasteiger partial charge in [-0.05, 0) is 28.3 Å². The van der Waals surface area contributed by atoms with Crippen molar-refractivity contribution in [1.29, 1.82) is 0 Å². The Labute approximate surface area is 96.0 Å². The van der Waals surface area contributed by atoms with Crippen LogP contribution in [0.5, 0.6) is 0 Å². The zero-order chi connectivity index (χ0) is 11.4. The van der Waals surface area contributed by atoms with Crippen molar-refractivity contribution in [3.05, 3.63) is 53.6 Å². The van der Waals surface area contributed by atoms with Crippen LogP contribution >= 0.6 is 0 Å². The molecule has 1 N–H and O–H groups in total. The highest BCUT2D eigenvalue weighted by Gasteiger charge is 1.98. The van der Waals surface area contributed by atoms with Gasteiger partial charge in [-0.2, -0.15) is 0 Å². The maximum absolute atomic E-state index is 9.19. The molecule has 0 spiro atoms. The van der Waals surface area contributed by atoms with Crippen LogP contribution < -0.4 is 0 Å². The molecule has 2 rings (SSSR count). The van der Waals surface area contributed by atoms with Crippen LogP contribution in [0.1, 0.15) is 18.9 Å². The molecular weight excluding hydrogens is 196 g/mol. The van der Waals surface area contributed by atoms with Crippen molar-refractivity contribution in [2.75, 3.05) is 6.61 Å². The molecule has 0 saturated heterocycles. The van der Waals surface area contributed by atoms with E-state index in [-0.39, 0.29) is 6.61 Å². The molecule has 0 aromatic heterocycles. The third-order valence-electron chi connectivity index (χ3n) is 2.84. The molecule has 0 bridgehead atoms. The fourth-order valence-corrected chi connectivity index (χ4v) is 1.86. The van der Waals surface area contributed by atoms with Gasteiger partial charge in [-0.25, -0.2) is 0 Å². The zero-order valence-corrected chi connectivity index (χ0v) is 9.48. The van der Waals surface area contributed by atoms with Crippen molar-refractivity contribution >= 4 is 16.8 Å². The predicted octanol–water partition coefficient (Wildman–Crippen LogP) is 3.63. The van der Waals surface area contributed by atoms with Crippen LogP contribution in [0.15, 0.2) is 48.0 Å². The van der Waals surface area contributed by atoms with Gasteiger partial charge >= 0.3 is 0 Å². The highest BCUT2D eigenvalue weighted by molar-refractivity contribution is 5.90. The molecule has 0 radical (unpaired) electrons. The van der Waals surface area contributed by atoms with Gasteiger partial charge in [0.05, 0.1) is 6.61 Å². The molecule has 0 unspecified atom stereocenters. The third kappa shape index (κ3) is 2.15. The summed E-state index contributed by atoms with van der Waals surface area (Å²) in [6.45, 7) is 2.20. The van der Waals surface area contributed by atoms with E-state index in [2.05, 4.69) is 43.3 Å². The van der Waals surface area contributed by atoms with Crippen LogP contribution in [0.2, 0.25) is 0 Å². The maximum atomic E-state index is 9.19. The highest BCUT2D eigenvalue weighted by Crippen LogP contribution is 2.21. The second-order valence-corrected chi connectivity index (χ2v) is 3.88. The number of hydrogen-bond donors (Lipinski definition) is 1. The summed E-state index contributed by atoms with van der Waals surface area (Å²) in [4.78, 5) is 0. The summed E-state index contributed by atoms with van der Waals surface area (Å²) in [6.07, 6.45) is 2.97. The Kier molecular flexibility index (Phi) is 3.37. The minimum Gasteiger partial charge on any atom is -0.392 e. The number of fused-ring (bicyclic) bond motifs is 1.